The number of aromatic nitrogens is 3. The van der Waals surface area contributed by atoms with Crippen LogP contribution in [0.5, 0.6) is 0 Å². The number of anilines is 1. The second-order valence-electron chi connectivity index (χ2n) is 7.15. The minimum Gasteiger partial charge on any atom is -0.441 e. The predicted molar refractivity (Wildman–Crippen MR) is 114 cm³/mol. The number of nitrogens with zero attached hydrogens (tertiary/aromatic N) is 4. The first-order valence-corrected chi connectivity index (χ1v) is 9.81. The smallest absolute Gasteiger partial charge is 0.269 e. The van der Waals surface area contributed by atoms with E-state index in [1.165, 1.54) is 41.2 Å². The summed E-state index contributed by atoms with van der Waals surface area (Å²) in [5, 5.41) is 17.9. The average Bonchev–Trinajstić information content (AvgIpc) is 3.39. The second-order valence-corrected chi connectivity index (χ2v) is 7.15. The summed E-state index contributed by atoms with van der Waals surface area (Å²) in [6.07, 6.45) is 1.49. The fourth-order valence-electron chi connectivity index (χ4n) is 3.17. The summed E-state index contributed by atoms with van der Waals surface area (Å²) in [4.78, 5) is 26.9. The predicted octanol–water partition coefficient (Wildman–Crippen LogP) is 4.59. The van der Waals surface area contributed by atoms with Crippen molar-refractivity contribution in [1.29, 1.82) is 0 Å². The van der Waals surface area contributed by atoms with Crippen molar-refractivity contribution in [3.63, 3.8) is 0 Å². The van der Waals surface area contributed by atoms with E-state index >= 15 is 0 Å². The number of nitro groups is 1. The first-order valence-electron chi connectivity index (χ1n) is 9.81. The minimum absolute atomic E-state index is 0.0241. The lowest BCUT2D eigenvalue weighted by atomic mass is 10.2. The summed E-state index contributed by atoms with van der Waals surface area (Å²) in [5.41, 5.74) is 1.20. The van der Waals surface area contributed by atoms with E-state index in [2.05, 4.69) is 15.4 Å². The number of rotatable bonds is 7. The number of non-ortho nitro benzene ring substituents is 1. The molecule has 33 heavy (non-hydrogen) atoms. The molecule has 2 heterocycles. The quantitative estimate of drug-likeness (QED) is 0.323. The van der Waals surface area contributed by atoms with Crippen molar-refractivity contribution in [2.75, 3.05) is 5.32 Å². The molecule has 0 aliphatic rings. The monoisotopic (exact) mass is 453 g/mol. The van der Waals surface area contributed by atoms with E-state index in [1.54, 1.807) is 13.0 Å². The van der Waals surface area contributed by atoms with Crippen molar-refractivity contribution < 1.29 is 22.9 Å². The van der Waals surface area contributed by atoms with Gasteiger partial charge in [0, 0.05) is 37.1 Å². The standard InChI is InChI=1S/C22H17F2N5O4/c1-13-10-20(28(27-13)15-3-5-16(6-4-15)29(31)32)26-21(30)8-9-22-25-12-19(33-22)17-7-2-14(23)11-18(17)24/h2-7,10-12H,8-9H2,1H3,(H,26,30). The fraction of sp³-hybridized carbons (Fsp3) is 0.136. The van der Waals surface area contributed by atoms with Crippen LogP contribution >= 0.6 is 0 Å². The van der Waals surface area contributed by atoms with Crippen LogP contribution in [0, 0.1) is 28.7 Å². The summed E-state index contributed by atoms with van der Waals surface area (Å²) in [7, 11) is 0. The molecule has 168 valence electrons. The molecule has 1 amide bonds. The Morgan fingerprint density at radius 1 is 1.18 bits per heavy atom. The number of benzene rings is 2. The molecule has 0 fully saturated rings. The second kappa shape index (κ2) is 8.99. The van der Waals surface area contributed by atoms with Crippen LogP contribution in [-0.2, 0) is 11.2 Å². The summed E-state index contributed by atoms with van der Waals surface area (Å²) < 4.78 is 34.0. The first-order chi connectivity index (χ1) is 15.8. The van der Waals surface area contributed by atoms with Gasteiger partial charge in [-0.3, -0.25) is 14.9 Å². The number of aryl methyl sites for hydroxylation is 2. The van der Waals surface area contributed by atoms with Gasteiger partial charge < -0.3 is 9.73 Å². The molecule has 2 aromatic carbocycles. The highest BCUT2D eigenvalue weighted by Gasteiger charge is 2.15. The number of carbonyl (C=O) groups is 1. The highest BCUT2D eigenvalue weighted by Crippen LogP contribution is 2.25. The number of hydrogen-bond acceptors (Lipinski definition) is 6. The maximum atomic E-state index is 13.9. The molecule has 0 atom stereocenters. The number of hydrogen-bond donors (Lipinski definition) is 1. The number of nitrogens with one attached hydrogen (secondary N) is 1. The number of oxazole rings is 1. The van der Waals surface area contributed by atoms with E-state index in [0.717, 1.165) is 12.1 Å². The van der Waals surface area contributed by atoms with Crippen LogP contribution in [0.3, 0.4) is 0 Å². The van der Waals surface area contributed by atoms with Gasteiger partial charge in [-0.2, -0.15) is 5.10 Å². The normalized spacial score (nSPS) is 10.9. The van der Waals surface area contributed by atoms with Crippen molar-refractivity contribution in [2.24, 2.45) is 0 Å². The lowest BCUT2D eigenvalue weighted by Gasteiger charge is -2.08. The van der Waals surface area contributed by atoms with Gasteiger partial charge in [-0.15, -0.1) is 0 Å². The topological polar surface area (TPSA) is 116 Å². The number of nitro benzene ring substituents is 1. The van der Waals surface area contributed by atoms with Crippen molar-refractivity contribution in [3.05, 3.63) is 88.1 Å². The zero-order valence-electron chi connectivity index (χ0n) is 17.3. The largest absolute Gasteiger partial charge is 0.441 e. The molecule has 0 aliphatic carbocycles. The molecule has 4 rings (SSSR count). The van der Waals surface area contributed by atoms with Crippen LogP contribution < -0.4 is 5.32 Å². The van der Waals surface area contributed by atoms with Crippen LogP contribution in [0.4, 0.5) is 20.3 Å². The summed E-state index contributed by atoms with van der Waals surface area (Å²) in [5.74, 6) is -1.06. The molecule has 0 radical (unpaired) electrons. The zero-order valence-corrected chi connectivity index (χ0v) is 17.3. The molecule has 0 spiro atoms. The van der Waals surface area contributed by atoms with E-state index < -0.39 is 16.6 Å². The third-order valence-electron chi connectivity index (χ3n) is 4.72. The number of amides is 1. The molecule has 2 aromatic heterocycles. The van der Waals surface area contributed by atoms with Gasteiger partial charge in [-0.25, -0.2) is 18.4 Å². The SMILES string of the molecule is Cc1cc(NC(=O)CCc2ncc(-c3ccc(F)cc3F)o2)n(-c2ccc([N+](=O)[O-])cc2)n1. The fourth-order valence-corrected chi connectivity index (χ4v) is 3.17. The molecule has 0 bridgehead atoms. The molecule has 0 saturated carbocycles. The molecule has 4 aromatic rings. The zero-order chi connectivity index (χ0) is 23.5. The minimum atomic E-state index is -0.773. The molecular weight excluding hydrogens is 436 g/mol. The molecular formula is C22H17F2N5O4. The van der Waals surface area contributed by atoms with Gasteiger partial charge in [0.2, 0.25) is 5.91 Å². The van der Waals surface area contributed by atoms with Crippen molar-refractivity contribution in [2.45, 2.75) is 19.8 Å². The molecule has 0 saturated heterocycles. The highest BCUT2D eigenvalue weighted by molar-refractivity contribution is 5.90. The lowest BCUT2D eigenvalue weighted by Crippen LogP contribution is -2.15. The summed E-state index contributed by atoms with van der Waals surface area (Å²) in [6, 6.07) is 10.5. The molecule has 0 aliphatic heterocycles. The van der Waals surface area contributed by atoms with Crippen LogP contribution in [0.25, 0.3) is 17.0 Å². The molecule has 9 nitrogen and oxygen atoms in total. The van der Waals surface area contributed by atoms with E-state index in [0.29, 0.717) is 17.2 Å². The van der Waals surface area contributed by atoms with Gasteiger partial charge in [0.15, 0.2) is 11.7 Å². The number of carbonyl (C=O) groups excluding carboxylic acids is 1. The van der Waals surface area contributed by atoms with Gasteiger partial charge >= 0.3 is 0 Å². The third kappa shape index (κ3) is 4.92. The Labute approximate surface area is 185 Å². The van der Waals surface area contributed by atoms with Crippen LogP contribution in [0.15, 0.2) is 59.1 Å². The van der Waals surface area contributed by atoms with Crippen molar-refractivity contribution >= 4 is 17.4 Å². The maximum absolute atomic E-state index is 13.9. The third-order valence-corrected chi connectivity index (χ3v) is 4.72. The van der Waals surface area contributed by atoms with Gasteiger partial charge in [-0.1, -0.05) is 0 Å². The van der Waals surface area contributed by atoms with E-state index in [9.17, 15) is 23.7 Å². The molecule has 11 heteroatoms. The van der Waals surface area contributed by atoms with Crippen molar-refractivity contribution in [1.82, 2.24) is 14.8 Å². The molecule has 1 N–H and O–H groups in total. The number of halogens is 2. The summed E-state index contributed by atoms with van der Waals surface area (Å²) in [6.45, 7) is 1.75. The Kier molecular flexibility index (Phi) is 5.94. The maximum Gasteiger partial charge on any atom is 0.269 e. The van der Waals surface area contributed by atoms with Crippen LogP contribution in [-0.4, -0.2) is 25.6 Å². The lowest BCUT2D eigenvalue weighted by molar-refractivity contribution is -0.384. The Hall–Kier alpha value is -4.41. The Morgan fingerprint density at radius 2 is 1.94 bits per heavy atom. The van der Waals surface area contributed by atoms with Gasteiger partial charge in [0.1, 0.15) is 17.5 Å². The van der Waals surface area contributed by atoms with E-state index in [-0.39, 0.29) is 41.7 Å². The first kappa shape index (κ1) is 21.8. The molecule has 0 unspecified atom stereocenters. The van der Waals surface area contributed by atoms with E-state index in [1.807, 2.05) is 0 Å². The summed E-state index contributed by atoms with van der Waals surface area (Å²) >= 11 is 0. The average molecular weight is 453 g/mol. The van der Waals surface area contributed by atoms with Crippen LogP contribution in [0.2, 0.25) is 0 Å². The van der Waals surface area contributed by atoms with Crippen LogP contribution in [0.1, 0.15) is 18.0 Å². The van der Waals surface area contributed by atoms with E-state index in [4.69, 9.17) is 4.42 Å². The highest BCUT2D eigenvalue weighted by atomic mass is 19.1. The van der Waals surface area contributed by atoms with Gasteiger partial charge in [0.25, 0.3) is 5.69 Å². The Bertz CT molecular complexity index is 1330. The Morgan fingerprint density at radius 3 is 2.64 bits per heavy atom. The van der Waals surface area contributed by atoms with Crippen molar-refractivity contribution in [3.8, 4) is 17.0 Å². The van der Waals surface area contributed by atoms with Gasteiger partial charge in [0.05, 0.1) is 28.1 Å². The van der Waals surface area contributed by atoms with Gasteiger partial charge in [-0.05, 0) is 31.2 Å². The Balaban J connectivity index is 1.42.